The Kier molecular flexibility index (Phi) is 4.42. The Bertz CT molecular complexity index is 445. The molecule has 4 unspecified atom stereocenters. The van der Waals surface area contributed by atoms with Gasteiger partial charge in [0, 0.05) is 12.0 Å². The quantitative estimate of drug-likeness (QED) is 0.857. The first-order valence-corrected chi connectivity index (χ1v) is 8.21. The van der Waals surface area contributed by atoms with Crippen LogP contribution in [-0.2, 0) is 11.2 Å². The zero-order valence-electron chi connectivity index (χ0n) is 12.8. The molecule has 0 aromatic heterocycles. The lowest BCUT2D eigenvalue weighted by Crippen LogP contribution is -2.42. The number of benzene rings is 1. The SMILES string of the molecule is CCCNC(Cc1ccccc1C)C1CC2CCC1O2. The zero-order chi connectivity index (χ0) is 13.9. The highest BCUT2D eigenvalue weighted by atomic mass is 16.5. The van der Waals surface area contributed by atoms with Gasteiger partial charge in [-0.15, -0.1) is 0 Å². The molecule has 2 aliphatic rings. The van der Waals surface area contributed by atoms with E-state index in [-0.39, 0.29) is 0 Å². The van der Waals surface area contributed by atoms with E-state index < -0.39 is 0 Å². The Balaban J connectivity index is 1.71. The highest BCUT2D eigenvalue weighted by Crippen LogP contribution is 2.41. The summed E-state index contributed by atoms with van der Waals surface area (Å²) in [5.74, 6) is 0.708. The van der Waals surface area contributed by atoms with Crippen molar-refractivity contribution in [3.05, 3.63) is 35.4 Å². The minimum atomic E-state index is 0.512. The lowest BCUT2D eigenvalue weighted by atomic mass is 9.81. The van der Waals surface area contributed by atoms with Crippen LogP contribution in [0.3, 0.4) is 0 Å². The second-order valence-corrected chi connectivity index (χ2v) is 6.46. The van der Waals surface area contributed by atoms with Crippen LogP contribution in [0.1, 0.15) is 43.7 Å². The number of rotatable bonds is 6. The van der Waals surface area contributed by atoms with Crippen molar-refractivity contribution in [1.29, 1.82) is 0 Å². The van der Waals surface area contributed by atoms with Crippen LogP contribution < -0.4 is 5.32 Å². The molecule has 1 N–H and O–H groups in total. The molecule has 2 nitrogen and oxygen atoms in total. The Hall–Kier alpha value is -0.860. The van der Waals surface area contributed by atoms with Crippen molar-refractivity contribution in [2.45, 2.75) is 64.2 Å². The number of hydrogen-bond donors (Lipinski definition) is 1. The van der Waals surface area contributed by atoms with Crippen LogP contribution in [0.25, 0.3) is 0 Å². The predicted molar refractivity (Wildman–Crippen MR) is 83.0 cm³/mol. The summed E-state index contributed by atoms with van der Waals surface area (Å²) in [4.78, 5) is 0. The van der Waals surface area contributed by atoms with Gasteiger partial charge in [0.25, 0.3) is 0 Å². The number of aryl methyl sites for hydroxylation is 1. The Morgan fingerprint density at radius 3 is 2.80 bits per heavy atom. The van der Waals surface area contributed by atoms with E-state index in [1.807, 2.05) is 0 Å². The Morgan fingerprint density at radius 2 is 2.15 bits per heavy atom. The number of fused-ring (bicyclic) bond motifs is 2. The van der Waals surface area contributed by atoms with Crippen LogP contribution in [0.2, 0.25) is 0 Å². The van der Waals surface area contributed by atoms with Crippen LogP contribution in [0.5, 0.6) is 0 Å². The summed E-state index contributed by atoms with van der Waals surface area (Å²) < 4.78 is 6.07. The van der Waals surface area contributed by atoms with Crippen molar-refractivity contribution in [2.24, 2.45) is 5.92 Å². The van der Waals surface area contributed by atoms with E-state index in [0.717, 1.165) is 13.0 Å². The highest BCUT2D eigenvalue weighted by Gasteiger charge is 2.44. The monoisotopic (exact) mass is 273 g/mol. The van der Waals surface area contributed by atoms with E-state index in [1.165, 1.54) is 36.8 Å². The summed E-state index contributed by atoms with van der Waals surface area (Å²) in [6, 6.07) is 9.38. The third-order valence-corrected chi connectivity index (χ3v) is 5.03. The molecule has 2 aliphatic heterocycles. The molecule has 2 heteroatoms. The third-order valence-electron chi connectivity index (χ3n) is 5.03. The van der Waals surface area contributed by atoms with Gasteiger partial charge >= 0.3 is 0 Å². The second-order valence-electron chi connectivity index (χ2n) is 6.46. The molecule has 0 spiro atoms. The van der Waals surface area contributed by atoms with Gasteiger partial charge in [-0.25, -0.2) is 0 Å². The molecule has 2 saturated heterocycles. The Labute approximate surface area is 122 Å². The molecule has 2 heterocycles. The van der Waals surface area contributed by atoms with Crippen molar-refractivity contribution >= 4 is 0 Å². The van der Waals surface area contributed by atoms with Gasteiger partial charge in [-0.2, -0.15) is 0 Å². The van der Waals surface area contributed by atoms with Gasteiger partial charge in [0.05, 0.1) is 12.2 Å². The highest BCUT2D eigenvalue weighted by molar-refractivity contribution is 5.26. The molecule has 3 rings (SSSR count). The maximum absolute atomic E-state index is 6.07. The summed E-state index contributed by atoms with van der Waals surface area (Å²) >= 11 is 0. The van der Waals surface area contributed by atoms with Gasteiger partial charge in [0.15, 0.2) is 0 Å². The van der Waals surface area contributed by atoms with Crippen molar-refractivity contribution in [3.8, 4) is 0 Å². The summed E-state index contributed by atoms with van der Waals surface area (Å²) in [6.45, 7) is 5.59. The van der Waals surface area contributed by atoms with Crippen LogP contribution in [-0.4, -0.2) is 24.8 Å². The van der Waals surface area contributed by atoms with Crippen LogP contribution in [0.15, 0.2) is 24.3 Å². The molecule has 0 radical (unpaired) electrons. The summed E-state index contributed by atoms with van der Waals surface area (Å²) in [5, 5.41) is 3.79. The van der Waals surface area contributed by atoms with Crippen LogP contribution in [0.4, 0.5) is 0 Å². The smallest absolute Gasteiger partial charge is 0.0623 e. The van der Waals surface area contributed by atoms with Crippen molar-refractivity contribution < 1.29 is 4.74 Å². The van der Waals surface area contributed by atoms with Gasteiger partial charge in [-0.05, 0) is 56.7 Å². The molecule has 0 amide bonds. The summed E-state index contributed by atoms with van der Waals surface area (Å²) in [6.07, 6.45) is 7.22. The summed E-state index contributed by atoms with van der Waals surface area (Å²) in [5.41, 5.74) is 2.91. The van der Waals surface area contributed by atoms with Gasteiger partial charge in [0.2, 0.25) is 0 Å². The molecular weight excluding hydrogens is 246 g/mol. The molecule has 2 fully saturated rings. The number of hydrogen-bond acceptors (Lipinski definition) is 2. The first-order valence-electron chi connectivity index (χ1n) is 8.21. The molecule has 1 aromatic rings. The van der Waals surface area contributed by atoms with E-state index in [2.05, 4.69) is 43.4 Å². The van der Waals surface area contributed by atoms with Crippen molar-refractivity contribution in [2.75, 3.05) is 6.54 Å². The summed E-state index contributed by atoms with van der Waals surface area (Å²) in [7, 11) is 0. The third kappa shape index (κ3) is 2.91. The van der Waals surface area contributed by atoms with E-state index >= 15 is 0 Å². The Morgan fingerprint density at radius 1 is 1.30 bits per heavy atom. The largest absolute Gasteiger partial charge is 0.375 e. The van der Waals surface area contributed by atoms with Gasteiger partial charge in [-0.1, -0.05) is 31.2 Å². The van der Waals surface area contributed by atoms with E-state index in [9.17, 15) is 0 Å². The van der Waals surface area contributed by atoms with Crippen molar-refractivity contribution in [1.82, 2.24) is 5.32 Å². The first kappa shape index (κ1) is 14.1. The fourth-order valence-electron chi connectivity index (χ4n) is 3.88. The molecule has 2 bridgehead atoms. The minimum absolute atomic E-state index is 0.512. The zero-order valence-corrected chi connectivity index (χ0v) is 12.8. The van der Waals surface area contributed by atoms with Crippen LogP contribution >= 0.6 is 0 Å². The maximum atomic E-state index is 6.07. The van der Waals surface area contributed by atoms with E-state index in [4.69, 9.17) is 4.74 Å². The molecule has 0 aliphatic carbocycles. The fourth-order valence-corrected chi connectivity index (χ4v) is 3.88. The van der Waals surface area contributed by atoms with E-state index in [0.29, 0.717) is 24.2 Å². The molecule has 20 heavy (non-hydrogen) atoms. The minimum Gasteiger partial charge on any atom is -0.375 e. The standard InChI is InChI=1S/C18H27NO/c1-3-10-19-17(11-14-7-5-4-6-13(14)2)16-12-15-8-9-18(16)20-15/h4-7,15-19H,3,8-12H2,1-2H3. The normalized spacial score (nSPS) is 29.8. The molecule has 0 saturated carbocycles. The lowest BCUT2D eigenvalue weighted by molar-refractivity contribution is 0.0857. The second kappa shape index (κ2) is 6.28. The van der Waals surface area contributed by atoms with Gasteiger partial charge in [-0.3, -0.25) is 0 Å². The van der Waals surface area contributed by atoms with Gasteiger partial charge in [0.1, 0.15) is 0 Å². The first-order chi connectivity index (χ1) is 9.78. The average Bonchev–Trinajstić information content (AvgIpc) is 3.08. The lowest BCUT2D eigenvalue weighted by Gasteiger charge is -2.30. The fraction of sp³-hybridized carbons (Fsp3) is 0.667. The maximum Gasteiger partial charge on any atom is 0.0623 e. The van der Waals surface area contributed by atoms with E-state index in [1.54, 1.807) is 0 Å². The molecule has 110 valence electrons. The predicted octanol–water partition coefficient (Wildman–Crippen LogP) is 3.47. The van der Waals surface area contributed by atoms with Gasteiger partial charge < -0.3 is 10.1 Å². The molecule has 4 atom stereocenters. The number of ether oxygens (including phenoxy) is 1. The average molecular weight is 273 g/mol. The number of nitrogens with one attached hydrogen (secondary N) is 1. The molecule has 1 aromatic carbocycles. The molecular formula is C18H27NO. The van der Waals surface area contributed by atoms with Crippen molar-refractivity contribution in [3.63, 3.8) is 0 Å². The topological polar surface area (TPSA) is 21.3 Å². The van der Waals surface area contributed by atoms with Crippen LogP contribution in [0, 0.1) is 12.8 Å².